The van der Waals surface area contributed by atoms with Crippen LogP contribution in [0.4, 0.5) is 5.69 Å². The van der Waals surface area contributed by atoms with Crippen molar-refractivity contribution in [2.75, 3.05) is 0 Å². The molecule has 0 heterocycles. The van der Waals surface area contributed by atoms with Gasteiger partial charge in [-0.05, 0) is 22.0 Å². The summed E-state index contributed by atoms with van der Waals surface area (Å²) in [6, 6.07) is 2.63. The Morgan fingerprint density at radius 2 is 2.20 bits per heavy atom. The largest absolute Gasteiger partial charge is 0.480 e. The molecule has 1 atom stereocenters. The van der Waals surface area contributed by atoms with Crippen molar-refractivity contribution in [1.29, 1.82) is 0 Å². The highest BCUT2D eigenvalue weighted by Gasteiger charge is 2.24. The zero-order valence-electron chi connectivity index (χ0n) is 10.00. The van der Waals surface area contributed by atoms with E-state index in [9.17, 15) is 19.7 Å². The van der Waals surface area contributed by atoms with Gasteiger partial charge in [-0.3, -0.25) is 14.9 Å². The Bertz CT molecular complexity index is 608. The molecule has 1 aromatic carbocycles. The fourth-order valence-corrected chi connectivity index (χ4v) is 1.98. The Hall–Kier alpha value is -2.40. The van der Waals surface area contributed by atoms with Crippen LogP contribution in [0, 0.1) is 22.5 Å². The van der Waals surface area contributed by atoms with Gasteiger partial charge in [0.25, 0.3) is 11.6 Å². The first-order valence-electron chi connectivity index (χ1n) is 5.28. The number of nitrogens with zero attached hydrogens (tertiary/aromatic N) is 1. The number of nitrogens with one attached hydrogen (secondary N) is 1. The topological polar surface area (TPSA) is 110 Å². The molecule has 20 heavy (non-hydrogen) atoms. The van der Waals surface area contributed by atoms with Gasteiger partial charge in [0.15, 0.2) is 0 Å². The van der Waals surface area contributed by atoms with Crippen LogP contribution in [0.2, 0.25) is 0 Å². The number of terminal acetylenes is 1. The molecule has 0 saturated heterocycles. The van der Waals surface area contributed by atoms with Crippen molar-refractivity contribution in [2.45, 2.75) is 12.5 Å². The van der Waals surface area contributed by atoms with Crippen LogP contribution < -0.4 is 5.32 Å². The predicted octanol–water partition coefficient (Wildman–Crippen LogP) is 1.56. The molecule has 0 aliphatic heterocycles. The number of nitro groups is 1. The molecule has 0 spiro atoms. The zero-order chi connectivity index (χ0) is 15.3. The van der Waals surface area contributed by atoms with Gasteiger partial charge in [-0.25, -0.2) is 4.79 Å². The average molecular weight is 341 g/mol. The highest BCUT2D eigenvalue weighted by molar-refractivity contribution is 9.10. The fraction of sp³-hybridized carbons (Fsp3) is 0.167. The van der Waals surface area contributed by atoms with E-state index in [-0.39, 0.29) is 22.1 Å². The quantitative estimate of drug-likeness (QED) is 0.480. The molecule has 1 aromatic rings. The van der Waals surface area contributed by atoms with Gasteiger partial charge in [0.05, 0.1) is 10.5 Å². The van der Waals surface area contributed by atoms with E-state index < -0.39 is 22.8 Å². The Balaban J connectivity index is 3.04. The fourth-order valence-electron chi connectivity index (χ4n) is 1.39. The Kier molecular flexibility index (Phi) is 5.23. The number of carbonyl (C=O) groups excluding carboxylic acids is 1. The second-order valence-corrected chi connectivity index (χ2v) is 4.46. The van der Waals surface area contributed by atoms with E-state index in [0.717, 1.165) is 0 Å². The molecule has 0 fully saturated rings. The summed E-state index contributed by atoms with van der Waals surface area (Å²) in [7, 11) is 0. The van der Waals surface area contributed by atoms with Crippen molar-refractivity contribution in [2.24, 2.45) is 0 Å². The second-order valence-electron chi connectivity index (χ2n) is 3.67. The lowest BCUT2D eigenvalue weighted by Crippen LogP contribution is -2.40. The standard InChI is InChI=1S/C12H9BrN2O5/c1-2-4-8(12(17)18)14-11(16)7-5-3-6-9(10(7)13)15(19)20/h1,3,5-6,8H,4H2,(H,14,16)(H,17,18). The van der Waals surface area contributed by atoms with Gasteiger partial charge in [0, 0.05) is 12.5 Å². The SMILES string of the molecule is C#CCC(NC(=O)c1cccc([N+](=O)[O-])c1Br)C(=O)O. The third-order valence-electron chi connectivity index (χ3n) is 2.35. The highest BCUT2D eigenvalue weighted by Crippen LogP contribution is 2.28. The van der Waals surface area contributed by atoms with Crippen LogP contribution in [0.15, 0.2) is 22.7 Å². The van der Waals surface area contributed by atoms with Gasteiger partial charge < -0.3 is 10.4 Å². The number of halogens is 1. The average Bonchev–Trinajstić information content (AvgIpc) is 2.37. The zero-order valence-corrected chi connectivity index (χ0v) is 11.6. The van der Waals surface area contributed by atoms with Crippen LogP contribution in [-0.4, -0.2) is 27.9 Å². The molecule has 104 valence electrons. The molecule has 1 unspecified atom stereocenters. The lowest BCUT2D eigenvalue weighted by atomic mass is 10.1. The number of amides is 1. The number of benzene rings is 1. The molecular formula is C12H9BrN2O5. The summed E-state index contributed by atoms with van der Waals surface area (Å²) in [5.74, 6) is 0.0940. The molecular weight excluding hydrogens is 332 g/mol. The predicted molar refractivity (Wildman–Crippen MR) is 73.1 cm³/mol. The highest BCUT2D eigenvalue weighted by atomic mass is 79.9. The Morgan fingerprint density at radius 3 is 2.70 bits per heavy atom. The Morgan fingerprint density at radius 1 is 1.55 bits per heavy atom. The molecule has 7 nitrogen and oxygen atoms in total. The van der Waals surface area contributed by atoms with Crippen LogP contribution in [-0.2, 0) is 4.79 Å². The van der Waals surface area contributed by atoms with E-state index in [4.69, 9.17) is 11.5 Å². The lowest BCUT2D eigenvalue weighted by molar-refractivity contribution is -0.385. The second kappa shape index (κ2) is 6.68. The van der Waals surface area contributed by atoms with Crippen molar-refractivity contribution in [3.63, 3.8) is 0 Å². The summed E-state index contributed by atoms with van der Waals surface area (Å²) in [5, 5.41) is 21.8. The molecule has 8 heteroatoms. The maximum absolute atomic E-state index is 11.9. The number of aliphatic carboxylic acids is 1. The van der Waals surface area contributed by atoms with E-state index >= 15 is 0 Å². The Labute approximate surface area is 122 Å². The number of hydrogen-bond donors (Lipinski definition) is 2. The van der Waals surface area contributed by atoms with Gasteiger partial charge in [0.2, 0.25) is 0 Å². The first-order valence-corrected chi connectivity index (χ1v) is 6.07. The van der Waals surface area contributed by atoms with Crippen LogP contribution in [0.3, 0.4) is 0 Å². The molecule has 0 radical (unpaired) electrons. The molecule has 2 N–H and O–H groups in total. The summed E-state index contributed by atoms with van der Waals surface area (Å²) in [6.45, 7) is 0. The van der Waals surface area contributed by atoms with Crippen LogP contribution in [0.25, 0.3) is 0 Å². The molecule has 0 bridgehead atoms. The first-order chi connectivity index (χ1) is 9.38. The van der Waals surface area contributed by atoms with Gasteiger partial charge >= 0.3 is 5.97 Å². The minimum atomic E-state index is -1.28. The van der Waals surface area contributed by atoms with Gasteiger partial charge in [0.1, 0.15) is 10.5 Å². The summed E-state index contributed by atoms with van der Waals surface area (Å²) in [5.41, 5.74) is -0.330. The van der Waals surface area contributed by atoms with Crippen molar-refractivity contribution in [3.05, 3.63) is 38.3 Å². The third-order valence-corrected chi connectivity index (χ3v) is 3.18. The van der Waals surface area contributed by atoms with Crippen LogP contribution in [0.5, 0.6) is 0 Å². The van der Waals surface area contributed by atoms with E-state index in [0.29, 0.717) is 0 Å². The molecule has 0 saturated carbocycles. The summed E-state index contributed by atoms with van der Waals surface area (Å²) in [6.07, 6.45) is 4.83. The minimum Gasteiger partial charge on any atom is -0.480 e. The summed E-state index contributed by atoms with van der Waals surface area (Å²) >= 11 is 2.96. The van der Waals surface area contributed by atoms with Crippen molar-refractivity contribution >= 4 is 33.5 Å². The molecule has 0 aromatic heterocycles. The van der Waals surface area contributed by atoms with E-state index in [2.05, 4.69) is 27.2 Å². The summed E-state index contributed by atoms with van der Waals surface area (Å²) < 4.78 is -0.0210. The van der Waals surface area contributed by atoms with Gasteiger partial charge in [-0.2, -0.15) is 0 Å². The number of nitro benzene ring substituents is 1. The van der Waals surface area contributed by atoms with E-state index in [1.54, 1.807) is 0 Å². The maximum Gasteiger partial charge on any atom is 0.327 e. The van der Waals surface area contributed by atoms with E-state index in [1.165, 1.54) is 18.2 Å². The molecule has 0 aliphatic carbocycles. The molecule has 1 amide bonds. The number of carboxylic acids is 1. The van der Waals surface area contributed by atoms with Crippen molar-refractivity contribution in [1.82, 2.24) is 5.32 Å². The van der Waals surface area contributed by atoms with Gasteiger partial charge in [-0.1, -0.05) is 6.07 Å². The molecule has 0 aliphatic rings. The van der Waals surface area contributed by atoms with Crippen molar-refractivity contribution in [3.8, 4) is 12.3 Å². The number of hydrogen-bond acceptors (Lipinski definition) is 4. The first kappa shape index (κ1) is 15.7. The summed E-state index contributed by atoms with van der Waals surface area (Å²) in [4.78, 5) is 32.9. The molecule has 1 rings (SSSR count). The lowest BCUT2D eigenvalue weighted by Gasteiger charge is -2.12. The minimum absolute atomic E-state index is 0.0210. The monoisotopic (exact) mass is 340 g/mol. The smallest absolute Gasteiger partial charge is 0.327 e. The number of carboxylic acid groups (broad SMARTS) is 1. The van der Waals surface area contributed by atoms with Crippen molar-refractivity contribution < 1.29 is 19.6 Å². The van der Waals surface area contributed by atoms with Crippen LogP contribution >= 0.6 is 15.9 Å². The normalized spacial score (nSPS) is 11.2. The van der Waals surface area contributed by atoms with Crippen LogP contribution in [0.1, 0.15) is 16.8 Å². The third kappa shape index (κ3) is 3.55. The van der Waals surface area contributed by atoms with E-state index in [1.807, 2.05) is 0 Å². The number of carbonyl (C=O) groups is 2. The van der Waals surface area contributed by atoms with Gasteiger partial charge in [-0.15, -0.1) is 12.3 Å². The maximum atomic E-state index is 11.9. The number of rotatable bonds is 5.